The molecule has 0 radical (unpaired) electrons. The molecule has 0 aromatic carbocycles. The zero-order valence-electron chi connectivity index (χ0n) is 13.8. The van der Waals surface area contributed by atoms with E-state index in [1.54, 1.807) is 33.1 Å². The summed E-state index contributed by atoms with van der Waals surface area (Å²) in [5.74, 6) is 0.582. The Morgan fingerprint density at radius 1 is 1.24 bits per heavy atom. The second kappa shape index (κ2) is 5.25. The highest BCUT2D eigenvalue weighted by atomic mass is 16.1. The van der Waals surface area contributed by atoms with Crippen LogP contribution in [0, 0.1) is 0 Å². The summed E-state index contributed by atoms with van der Waals surface area (Å²) in [7, 11) is 1.77. The Bertz CT molecular complexity index is 1150. The molecule has 0 bridgehead atoms. The Balaban J connectivity index is 1.76. The molecular weight excluding hydrogens is 318 g/mol. The van der Waals surface area contributed by atoms with E-state index >= 15 is 0 Å². The first-order valence-corrected chi connectivity index (χ1v) is 8.31. The van der Waals surface area contributed by atoms with Crippen molar-refractivity contribution >= 4 is 16.7 Å². The van der Waals surface area contributed by atoms with Gasteiger partial charge in [-0.1, -0.05) is 6.07 Å². The number of nitrogens with zero attached hydrogens (tertiary/aromatic N) is 6. The van der Waals surface area contributed by atoms with Crippen molar-refractivity contribution in [1.82, 2.24) is 34.0 Å². The van der Waals surface area contributed by atoms with Gasteiger partial charge in [-0.3, -0.25) is 9.13 Å². The Hall–Kier alpha value is -3.00. The number of hydrogen-bond acceptors (Lipinski definition) is 5. The van der Waals surface area contributed by atoms with E-state index in [9.17, 15) is 4.79 Å². The molecule has 1 fully saturated rings. The molecule has 25 heavy (non-hydrogen) atoms. The number of nitrogens with one attached hydrogen (secondary N) is 1. The number of fused-ring (bicyclic) bond motifs is 2. The third-order valence-electron chi connectivity index (χ3n) is 4.90. The minimum Gasteiger partial charge on any atom is -0.315 e. The van der Waals surface area contributed by atoms with Gasteiger partial charge in [-0.05, 0) is 25.1 Å². The highest BCUT2D eigenvalue weighted by Crippen LogP contribution is 2.24. The van der Waals surface area contributed by atoms with E-state index in [4.69, 9.17) is 4.98 Å². The molecule has 4 aromatic heterocycles. The lowest BCUT2D eigenvalue weighted by molar-refractivity contribution is 0.532. The fourth-order valence-corrected chi connectivity index (χ4v) is 3.56. The van der Waals surface area contributed by atoms with Crippen LogP contribution < -0.4 is 11.0 Å². The third-order valence-corrected chi connectivity index (χ3v) is 4.90. The normalized spacial score (nSPS) is 17.7. The van der Waals surface area contributed by atoms with Crippen LogP contribution >= 0.6 is 0 Å². The molecule has 0 aliphatic carbocycles. The van der Waals surface area contributed by atoms with E-state index in [-0.39, 0.29) is 11.7 Å². The number of aromatic nitrogens is 6. The molecule has 0 saturated carbocycles. The Morgan fingerprint density at radius 2 is 2.16 bits per heavy atom. The van der Waals surface area contributed by atoms with E-state index in [1.165, 1.54) is 0 Å². The topological polar surface area (TPSA) is 82.0 Å². The molecule has 1 unspecified atom stereocenters. The minimum atomic E-state index is -0.0463. The molecule has 4 aromatic rings. The summed E-state index contributed by atoms with van der Waals surface area (Å²) in [5, 5.41) is 7.66. The summed E-state index contributed by atoms with van der Waals surface area (Å²) in [6.45, 7) is 1.70. The average molecular weight is 335 g/mol. The number of rotatable bonds is 2. The summed E-state index contributed by atoms with van der Waals surface area (Å²) in [5.41, 5.74) is 3.18. The number of hydrogen-bond donors (Lipinski definition) is 1. The van der Waals surface area contributed by atoms with Crippen LogP contribution in [0.4, 0.5) is 0 Å². The van der Waals surface area contributed by atoms with Gasteiger partial charge in [0.15, 0.2) is 11.5 Å². The van der Waals surface area contributed by atoms with Crippen LogP contribution in [0.5, 0.6) is 0 Å². The van der Waals surface area contributed by atoms with Crippen molar-refractivity contribution in [1.29, 1.82) is 0 Å². The SMILES string of the molecule is Cn1c(=O)n(C2CCNC2)c2nc(-c3cnn4ccccc34)ncc21. The molecule has 8 nitrogen and oxygen atoms in total. The molecule has 126 valence electrons. The smallest absolute Gasteiger partial charge is 0.315 e. The molecule has 5 heterocycles. The first-order valence-electron chi connectivity index (χ1n) is 8.31. The quantitative estimate of drug-likeness (QED) is 0.590. The van der Waals surface area contributed by atoms with Gasteiger partial charge in [0, 0.05) is 19.8 Å². The highest BCUT2D eigenvalue weighted by Gasteiger charge is 2.24. The molecule has 5 rings (SSSR count). The van der Waals surface area contributed by atoms with Gasteiger partial charge in [0.2, 0.25) is 0 Å². The zero-order valence-corrected chi connectivity index (χ0v) is 13.8. The standard InChI is InChI=1S/C17H17N7O/c1-22-14-10-19-15(12-9-20-23-7-3-2-4-13(12)23)21-16(14)24(17(22)25)11-5-6-18-8-11/h2-4,7,9-11,18H,5-6,8H2,1H3. The van der Waals surface area contributed by atoms with Gasteiger partial charge in [0.1, 0.15) is 5.52 Å². The van der Waals surface area contributed by atoms with E-state index in [1.807, 2.05) is 24.4 Å². The van der Waals surface area contributed by atoms with E-state index in [0.29, 0.717) is 11.5 Å². The molecule has 1 N–H and O–H groups in total. The molecule has 1 atom stereocenters. The van der Waals surface area contributed by atoms with Crippen molar-refractivity contribution in [3.8, 4) is 11.4 Å². The molecule has 1 aliphatic rings. The van der Waals surface area contributed by atoms with Gasteiger partial charge in [0.25, 0.3) is 0 Å². The lowest BCUT2D eigenvalue weighted by atomic mass is 10.2. The second-order valence-electron chi connectivity index (χ2n) is 6.35. The number of aryl methyl sites for hydroxylation is 1. The summed E-state index contributed by atoms with van der Waals surface area (Å²) < 4.78 is 5.21. The predicted molar refractivity (Wildman–Crippen MR) is 93.5 cm³/mol. The van der Waals surface area contributed by atoms with Gasteiger partial charge >= 0.3 is 5.69 Å². The molecule has 0 spiro atoms. The lowest BCUT2D eigenvalue weighted by Gasteiger charge is -2.09. The van der Waals surface area contributed by atoms with E-state index in [2.05, 4.69) is 15.4 Å². The lowest BCUT2D eigenvalue weighted by Crippen LogP contribution is -2.27. The molecule has 1 aliphatic heterocycles. The van der Waals surface area contributed by atoms with Crippen molar-refractivity contribution in [2.75, 3.05) is 13.1 Å². The van der Waals surface area contributed by atoms with Crippen LogP contribution in [0.1, 0.15) is 12.5 Å². The maximum atomic E-state index is 12.7. The number of imidazole rings is 1. The van der Waals surface area contributed by atoms with Gasteiger partial charge in [-0.15, -0.1) is 0 Å². The fourth-order valence-electron chi connectivity index (χ4n) is 3.56. The Morgan fingerprint density at radius 3 is 3.00 bits per heavy atom. The summed E-state index contributed by atoms with van der Waals surface area (Å²) in [6, 6.07) is 6.00. The fraction of sp³-hybridized carbons (Fsp3) is 0.294. The van der Waals surface area contributed by atoms with Crippen LogP contribution in [0.25, 0.3) is 28.1 Å². The minimum absolute atomic E-state index is 0.0463. The predicted octanol–water partition coefficient (Wildman–Crippen LogP) is 0.979. The molecular formula is C17H17N7O. The maximum absolute atomic E-state index is 12.7. The van der Waals surface area contributed by atoms with Crippen molar-refractivity contribution in [2.24, 2.45) is 7.05 Å². The summed E-state index contributed by atoms with van der Waals surface area (Å²) in [4.78, 5) is 21.9. The summed E-state index contributed by atoms with van der Waals surface area (Å²) in [6.07, 6.45) is 6.30. The van der Waals surface area contributed by atoms with Gasteiger partial charge in [-0.25, -0.2) is 19.3 Å². The van der Waals surface area contributed by atoms with Crippen molar-refractivity contribution in [3.63, 3.8) is 0 Å². The van der Waals surface area contributed by atoms with E-state index in [0.717, 1.165) is 36.1 Å². The Labute approximate surface area is 142 Å². The maximum Gasteiger partial charge on any atom is 0.330 e. The first kappa shape index (κ1) is 14.4. The molecule has 8 heteroatoms. The highest BCUT2D eigenvalue weighted by molar-refractivity contribution is 5.79. The average Bonchev–Trinajstić information content (AvgIpc) is 3.35. The van der Waals surface area contributed by atoms with Crippen LogP contribution in [0.15, 0.2) is 41.6 Å². The van der Waals surface area contributed by atoms with Crippen LogP contribution in [0.2, 0.25) is 0 Å². The van der Waals surface area contributed by atoms with Gasteiger partial charge in [-0.2, -0.15) is 5.10 Å². The monoisotopic (exact) mass is 335 g/mol. The largest absolute Gasteiger partial charge is 0.330 e. The van der Waals surface area contributed by atoms with Crippen molar-refractivity contribution in [2.45, 2.75) is 12.5 Å². The second-order valence-corrected chi connectivity index (χ2v) is 6.35. The van der Waals surface area contributed by atoms with Gasteiger partial charge < -0.3 is 5.32 Å². The summed E-state index contributed by atoms with van der Waals surface area (Å²) >= 11 is 0. The number of pyridine rings is 1. The van der Waals surface area contributed by atoms with Crippen molar-refractivity contribution < 1.29 is 0 Å². The van der Waals surface area contributed by atoms with E-state index < -0.39 is 0 Å². The third kappa shape index (κ3) is 2.04. The van der Waals surface area contributed by atoms with Crippen LogP contribution in [0.3, 0.4) is 0 Å². The zero-order chi connectivity index (χ0) is 17.0. The van der Waals surface area contributed by atoms with Crippen LogP contribution in [-0.2, 0) is 7.05 Å². The molecule has 1 saturated heterocycles. The Kier molecular flexibility index (Phi) is 3.01. The van der Waals surface area contributed by atoms with Gasteiger partial charge in [0.05, 0.1) is 29.5 Å². The first-order chi connectivity index (χ1) is 12.2. The van der Waals surface area contributed by atoms with Crippen molar-refractivity contribution in [3.05, 3.63) is 47.3 Å². The molecule has 0 amide bonds. The van der Waals surface area contributed by atoms with Crippen LogP contribution in [-0.4, -0.2) is 41.8 Å².